The number of rotatable bonds is 7. The summed E-state index contributed by atoms with van der Waals surface area (Å²) in [6.45, 7) is 0.207. The minimum Gasteiger partial charge on any atom is -0.487 e. The quantitative estimate of drug-likeness (QED) is 0.577. The molecule has 2 rings (SSSR count). The Morgan fingerprint density at radius 2 is 2.00 bits per heavy atom. The molecule has 0 unspecified atom stereocenters. The Morgan fingerprint density at radius 3 is 2.75 bits per heavy atom. The van der Waals surface area contributed by atoms with E-state index in [0.717, 1.165) is 5.76 Å². The van der Waals surface area contributed by atoms with Gasteiger partial charge in [0.25, 0.3) is 0 Å². The van der Waals surface area contributed by atoms with Gasteiger partial charge >= 0.3 is 5.97 Å². The summed E-state index contributed by atoms with van der Waals surface area (Å²) >= 11 is 0. The van der Waals surface area contributed by atoms with Crippen LogP contribution in [0.1, 0.15) is 12.2 Å². The molecule has 4 nitrogen and oxygen atoms in total. The maximum absolute atomic E-state index is 13.2. The van der Waals surface area contributed by atoms with Crippen LogP contribution in [-0.4, -0.2) is 19.2 Å². The number of carbonyl (C=O) groups is 1. The molecule has 0 aliphatic carbocycles. The highest BCUT2D eigenvalue weighted by atomic mass is 19.1. The van der Waals surface area contributed by atoms with E-state index in [0.29, 0.717) is 6.42 Å². The van der Waals surface area contributed by atoms with E-state index in [-0.39, 0.29) is 31.4 Å². The van der Waals surface area contributed by atoms with Crippen LogP contribution in [0, 0.1) is 5.82 Å². The third kappa shape index (κ3) is 4.42. The van der Waals surface area contributed by atoms with E-state index in [4.69, 9.17) is 13.9 Å². The zero-order valence-corrected chi connectivity index (χ0v) is 10.9. The van der Waals surface area contributed by atoms with E-state index in [9.17, 15) is 9.18 Å². The number of halogens is 1. The second-order valence-electron chi connectivity index (χ2n) is 4.08. The van der Waals surface area contributed by atoms with Crippen LogP contribution in [0.5, 0.6) is 5.75 Å². The summed E-state index contributed by atoms with van der Waals surface area (Å²) in [5.74, 6) is 0.124. The molecular weight excluding hydrogens is 263 g/mol. The fraction of sp³-hybridized carbons (Fsp3) is 0.267. The molecule has 1 aromatic heterocycles. The highest BCUT2D eigenvalue weighted by Crippen LogP contribution is 2.14. The lowest BCUT2D eigenvalue weighted by Gasteiger charge is -2.07. The molecule has 0 fully saturated rings. The maximum Gasteiger partial charge on any atom is 0.306 e. The van der Waals surface area contributed by atoms with E-state index in [1.54, 1.807) is 30.5 Å². The summed E-state index contributed by atoms with van der Waals surface area (Å²) in [5.41, 5.74) is 0. The molecule has 0 aliphatic rings. The predicted molar refractivity (Wildman–Crippen MR) is 69.9 cm³/mol. The van der Waals surface area contributed by atoms with Crippen LogP contribution < -0.4 is 4.74 Å². The van der Waals surface area contributed by atoms with Crippen LogP contribution in [0.4, 0.5) is 4.39 Å². The predicted octanol–water partition coefficient (Wildman–Crippen LogP) is 2.97. The van der Waals surface area contributed by atoms with Crippen LogP contribution in [-0.2, 0) is 16.0 Å². The van der Waals surface area contributed by atoms with Gasteiger partial charge in [-0.2, -0.15) is 0 Å². The summed E-state index contributed by atoms with van der Waals surface area (Å²) in [4.78, 5) is 11.4. The Balaban J connectivity index is 1.61. The molecule has 0 saturated carbocycles. The van der Waals surface area contributed by atoms with Crippen molar-refractivity contribution in [1.29, 1.82) is 0 Å². The first-order valence-corrected chi connectivity index (χ1v) is 6.31. The molecule has 1 aromatic carbocycles. The standard InChI is InChI=1S/C15H15FO4/c16-13-5-1-2-6-14(13)19-10-11-20-15(17)8-7-12-4-3-9-18-12/h1-6,9H,7-8,10-11H2. The monoisotopic (exact) mass is 278 g/mol. The van der Waals surface area contributed by atoms with Crippen molar-refractivity contribution < 1.29 is 23.1 Å². The van der Waals surface area contributed by atoms with Gasteiger partial charge in [0, 0.05) is 6.42 Å². The Kier molecular flexibility index (Phi) is 5.17. The SMILES string of the molecule is O=C(CCc1ccco1)OCCOc1ccccc1F. The van der Waals surface area contributed by atoms with Gasteiger partial charge in [-0.15, -0.1) is 0 Å². The van der Waals surface area contributed by atoms with Gasteiger partial charge in [0.05, 0.1) is 12.7 Å². The van der Waals surface area contributed by atoms with Crippen molar-refractivity contribution in [3.05, 3.63) is 54.2 Å². The van der Waals surface area contributed by atoms with Crippen molar-refractivity contribution in [2.75, 3.05) is 13.2 Å². The van der Waals surface area contributed by atoms with Crippen molar-refractivity contribution in [1.82, 2.24) is 0 Å². The average molecular weight is 278 g/mol. The number of carbonyl (C=O) groups excluding carboxylic acids is 1. The van der Waals surface area contributed by atoms with E-state index >= 15 is 0 Å². The van der Waals surface area contributed by atoms with Crippen molar-refractivity contribution in [2.45, 2.75) is 12.8 Å². The number of benzene rings is 1. The first kappa shape index (κ1) is 14.1. The van der Waals surface area contributed by atoms with Gasteiger partial charge in [0.2, 0.25) is 0 Å². The van der Waals surface area contributed by atoms with Gasteiger partial charge < -0.3 is 13.9 Å². The molecule has 1 heterocycles. The summed E-state index contributed by atoms with van der Waals surface area (Å²) in [7, 11) is 0. The maximum atomic E-state index is 13.2. The van der Waals surface area contributed by atoms with Crippen molar-refractivity contribution >= 4 is 5.97 Å². The lowest BCUT2D eigenvalue weighted by atomic mass is 10.2. The highest BCUT2D eigenvalue weighted by Gasteiger charge is 2.06. The molecule has 20 heavy (non-hydrogen) atoms. The summed E-state index contributed by atoms with van der Waals surface area (Å²) in [6, 6.07) is 9.65. The number of para-hydroxylation sites is 1. The molecule has 106 valence electrons. The third-order valence-corrected chi connectivity index (χ3v) is 2.60. The number of hydrogen-bond donors (Lipinski definition) is 0. The molecule has 0 bridgehead atoms. The molecule has 2 aromatic rings. The van der Waals surface area contributed by atoms with Crippen molar-refractivity contribution in [2.24, 2.45) is 0 Å². The van der Waals surface area contributed by atoms with Crippen LogP contribution in [0.25, 0.3) is 0 Å². The van der Waals surface area contributed by atoms with Gasteiger partial charge in [-0.25, -0.2) is 4.39 Å². The molecular formula is C15H15FO4. The Morgan fingerprint density at radius 1 is 1.15 bits per heavy atom. The first-order chi connectivity index (χ1) is 9.75. The normalized spacial score (nSPS) is 10.2. The highest BCUT2D eigenvalue weighted by molar-refractivity contribution is 5.69. The molecule has 5 heteroatoms. The fourth-order valence-corrected chi connectivity index (χ4v) is 1.62. The van der Waals surface area contributed by atoms with Crippen LogP contribution >= 0.6 is 0 Å². The number of hydrogen-bond acceptors (Lipinski definition) is 4. The lowest BCUT2D eigenvalue weighted by Crippen LogP contribution is -2.13. The van der Waals surface area contributed by atoms with Gasteiger partial charge in [0.1, 0.15) is 19.0 Å². The number of aryl methyl sites for hydroxylation is 1. The summed E-state index contributed by atoms with van der Waals surface area (Å²) < 4.78 is 28.5. The molecule has 0 saturated heterocycles. The minimum atomic E-state index is -0.434. The Bertz CT molecular complexity index is 537. The van der Waals surface area contributed by atoms with E-state index < -0.39 is 5.82 Å². The van der Waals surface area contributed by atoms with Crippen LogP contribution in [0.2, 0.25) is 0 Å². The third-order valence-electron chi connectivity index (χ3n) is 2.60. The molecule has 0 radical (unpaired) electrons. The van der Waals surface area contributed by atoms with Gasteiger partial charge in [0.15, 0.2) is 11.6 Å². The van der Waals surface area contributed by atoms with Gasteiger partial charge in [-0.3, -0.25) is 4.79 Å². The number of ether oxygens (including phenoxy) is 2. The van der Waals surface area contributed by atoms with Crippen molar-refractivity contribution in [3.8, 4) is 5.75 Å². The number of esters is 1. The topological polar surface area (TPSA) is 48.7 Å². The zero-order chi connectivity index (χ0) is 14.2. The Hall–Kier alpha value is -2.30. The zero-order valence-electron chi connectivity index (χ0n) is 10.9. The Labute approximate surface area is 116 Å². The summed E-state index contributed by atoms with van der Waals surface area (Å²) in [6.07, 6.45) is 2.30. The van der Waals surface area contributed by atoms with Crippen molar-refractivity contribution in [3.63, 3.8) is 0 Å². The van der Waals surface area contributed by atoms with E-state index in [1.807, 2.05) is 0 Å². The second kappa shape index (κ2) is 7.33. The second-order valence-corrected chi connectivity index (χ2v) is 4.08. The molecule has 0 atom stereocenters. The minimum absolute atomic E-state index is 0.0886. The molecule has 0 aliphatic heterocycles. The number of furan rings is 1. The van der Waals surface area contributed by atoms with E-state index in [1.165, 1.54) is 12.1 Å². The summed E-state index contributed by atoms with van der Waals surface area (Å²) in [5, 5.41) is 0. The first-order valence-electron chi connectivity index (χ1n) is 6.31. The van der Waals surface area contributed by atoms with E-state index in [2.05, 4.69) is 0 Å². The fourth-order valence-electron chi connectivity index (χ4n) is 1.62. The molecule has 0 spiro atoms. The van der Waals surface area contributed by atoms with Gasteiger partial charge in [-0.05, 0) is 24.3 Å². The largest absolute Gasteiger partial charge is 0.487 e. The van der Waals surface area contributed by atoms with Gasteiger partial charge in [-0.1, -0.05) is 12.1 Å². The molecule has 0 N–H and O–H groups in total. The molecule has 0 amide bonds. The lowest BCUT2D eigenvalue weighted by molar-refractivity contribution is -0.144. The smallest absolute Gasteiger partial charge is 0.306 e. The average Bonchev–Trinajstić information content (AvgIpc) is 2.96. The van der Waals surface area contributed by atoms with Crippen LogP contribution in [0.3, 0.4) is 0 Å². The van der Waals surface area contributed by atoms with Crippen LogP contribution in [0.15, 0.2) is 47.1 Å².